The van der Waals surface area contributed by atoms with Gasteiger partial charge in [0.2, 0.25) is 0 Å². The molecular formula is C5H7N5O2. The highest BCUT2D eigenvalue weighted by molar-refractivity contribution is 5.87. The van der Waals surface area contributed by atoms with Gasteiger partial charge in [0.05, 0.1) is 0 Å². The van der Waals surface area contributed by atoms with Crippen LogP contribution in [-0.4, -0.2) is 16.2 Å². The molecule has 1 aromatic rings. The van der Waals surface area contributed by atoms with E-state index in [0.717, 1.165) is 0 Å². The molecule has 0 unspecified atom stereocenters. The lowest BCUT2D eigenvalue weighted by Crippen LogP contribution is -2.34. The zero-order chi connectivity index (χ0) is 8.97. The molecule has 0 aromatic carbocycles. The molecule has 0 saturated heterocycles. The van der Waals surface area contributed by atoms with Crippen molar-refractivity contribution in [3.63, 3.8) is 0 Å². The van der Waals surface area contributed by atoms with Crippen LogP contribution in [0.1, 0.15) is 0 Å². The number of aromatic amines is 1. The number of urea groups is 1. The van der Waals surface area contributed by atoms with Crippen LogP contribution in [-0.2, 0) is 0 Å². The molecular weight excluding hydrogens is 162 g/mol. The fourth-order valence-electron chi connectivity index (χ4n) is 0.567. The Morgan fingerprint density at radius 2 is 2.33 bits per heavy atom. The molecule has 0 aliphatic rings. The number of amides is 2. The minimum absolute atomic E-state index is 0.220. The number of carbonyl (C=O) groups excluding carboxylic acids is 1. The van der Waals surface area contributed by atoms with E-state index < -0.39 is 6.03 Å². The highest BCUT2D eigenvalue weighted by Crippen LogP contribution is 1.93. The van der Waals surface area contributed by atoms with Crippen molar-refractivity contribution in [1.29, 1.82) is 0 Å². The van der Waals surface area contributed by atoms with E-state index in [0.29, 0.717) is 0 Å². The van der Waals surface area contributed by atoms with E-state index in [1.807, 2.05) is 5.43 Å². The van der Waals surface area contributed by atoms with Crippen molar-refractivity contribution in [2.45, 2.75) is 0 Å². The summed E-state index contributed by atoms with van der Waals surface area (Å²) in [6.07, 6.45) is 0. The molecule has 0 atom stereocenters. The van der Waals surface area contributed by atoms with Crippen LogP contribution in [0.5, 0.6) is 0 Å². The van der Waals surface area contributed by atoms with Crippen molar-refractivity contribution in [2.75, 3.05) is 5.32 Å². The SMILES string of the molecule is NNC(=O)Nc1ccc(=O)[nH]n1. The van der Waals surface area contributed by atoms with Crippen LogP contribution < -0.4 is 22.1 Å². The summed E-state index contributed by atoms with van der Waals surface area (Å²) in [5, 5.41) is 7.90. The lowest BCUT2D eigenvalue weighted by atomic mass is 10.5. The van der Waals surface area contributed by atoms with Gasteiger partial charge in [-0.1, -0.05) is 0 Å². The molecule has 0 radical (unpaired) electrons. The predicted molar refractivity (Wildman–Crippen MR) is 41.2 cm³/mol. The van der Waals surface area contributed by atoms with Gasteiger partial charge in [0.15, 0.2) is 5.82 Å². The molecule has 2 amide bonds. The van der Waals surface area contributed by atoms with Gasteiger partial charge < -0.3 is 0 Å². The molecule has 7 heteroatoms. The summed E-state index contributed by atoms with van der Waals surface area (Å²) in [5.74, 6) is 5.01. The van der Waals surface area contributed by atoms with E-state index in [1.54, 1.807) is 0 Å². The van der Waals surface area contributed by atoms with Gasteiger partial charge in [0, 0.05) is 6.07 Å². The third kappa shape index (κ3) is 2.06. The van der Waals surface area contributed by atoms with E-state index in [4.69, 9.17) is 5.84 Å². The first-order valence-corrected chi connectivity index (χ1v) is 3.05. The third-order valence-electron chi connectivity index (χ3n) is 1.05. The molecule has 7 nitrogen and oxygen atoms in total. The molecule has 0 spiro atoms. The minimum Gasteiger partial charge on any atom is -0.290 e. The van der Waals surface area contributed by atoms with Gasteiger partial charge in [-0.05, 0) is 6.07 Å². The van der Waals surface area contributed by atoms with Gasteiger partial charge in [0.25, 0.3) is 5.56 Å². The normalized spacial score (nSPS) is 9.08. The van der Waals surface area contributed by atoms with Crippen molar-refractivity contribution in [3.8, 4) is 0 Å². The maximum absolute atomic E-state index is 10.6. The Kier molecular flexibility index (Phi) is 2.38. The predicted octanol–water partition coefficient (Wildman–Crippen LogP) is -1.23. The standard InChI is InChI=1S/C5H7N5O2/c6-8-5(12)7-3-1-2-4(11)10-9-3/h1-2H,6H2,(H,10,11)(H2,7,8,9,12). The van der Waals surface area contributed by atoms with Crippen LogP contribution >= 0.6 is 0 Å². The zero-order valence-electron chi connectivity index (χ0n) is 6.00. The maximum atomic E-state index is 10.6. The Balaban J connectivity index is 2.71. The molecule has 0 aliphatic heterocycles. The zero-order valence-corrected chi connectivity index (χ0v) is 6.00. The first-order valence-electron chi connectivity index (χ1n) is 3.05. The van der Waals surface area contributed by atoms with Crippen molar-refractivity contribution < 1.29 is 4.79 Å². The maximum Gasteiger partial charge on any atom is 0.334 e. The van der Waals surface area contributed by atoms with Crippen molar-refractivity contribution in [3.05, 3.63) is 22.5 Å². The fraction of sp³-hybridized carbons (Fsp3) is 0. The molecule has 1 aromatic heterocycles. The fourth-order valence-corrected chi connectivity index (χ4v) is 0.567. The number of H-pyrrole nitrogens is 1. The Morgan fingerprint density at radius 1 is 1.58 bits per heavy atom. The number of nitrogens with zero attached hydrogens (tertiary/aromatic N) is 1. The Morgan fingerprint density at radius 3 is 2.83 bits per heavy atom. The lowest BCUT2D eigenvalue weighted by Gasteiger charge is -2.00. The molecule has 1 rings (SSSR count). The number of aromatic nitrogens is 2. The second-order valence-corrected chi connectivity index (χ2v) is 1.90. The first-order chi connectivity index (χ1) is 5.72. The summed E-state index contributed by atoms with van der Waals surface area (Å²) < 4.78 is 0. The van der Waals surface area contributed by atoms with E-state index in [-0.39, 0.29) is 11.4 Å². The number of hydrogen-bond acceptors (Lipinski definition) is 4. The molecule has 64 valence electrons. The topological polar surface area (TPSA) is 113 Å². The molecule has 0 aliphatic carbocycles. The number of anilines is 1. The quantitative estimate of drug-likeness (QED) is 0.239. The van der Waals surface area contributed by atoms with Crippen molar-refractivity contribution in [2.24, 2.45) is 5.84 Å². The van der Waals surface area contributed by atoms with Crippen LogP contribution in [0, 0.1) is 0 Å². The number of nitrogens with two attached hydrogens (primary N) is 1. The second kappa shape index (κ2) is 3.49. The average molecular weight is 169 g/mol. The number of carbonyl (C=O) groups is 1. The Hall–Kier alpha value is -1.89. The van der Waals surface area contributed by atoms with Crippen molar-refractivity contribution >= 4 is 11.8 Å². The highest BCUT2D eigenvalue weighted by Gasteiger charge is 1.98. The Labute approximate surface area is 66.9 Å². The molecule has 0 fully saturated rings. The third-order valence-corrected chi connectivity index (χ3v) is 1.05. The number of hydrazine groups is 1. The second-order valence-electron chi connectivity index (χ2n) is 1.90. The highest BCUT2D eigenvalue weighted by atomic mass is 16.2. The van der Waals surface area contributed by atoms with Crippen LogP contribution in [0.3, 0.4) is 0 Å². The molecule has 0 bridgehead atoms. The van der Waals surface area contributed by atoms with Crippen molar-refractivity contribution in [1.82, 2.24) is 15.6 Å². The van der Waals surface area contributed by atoms with Gasteiger partial charge in [-0.25, -0.2) is 15.7 Å². The summed E-state index contributed by atoms with van der Waals surface area (Å²) >= 11 is 0. The van der Waals surface area contributed by atoms with E-state index >= 15 is 0 Å². The Bertz CT molecular complexity index is 312. The molecule has 12 heavy (non-hydrogen) atoms. The first kappa shape index (κ1) is 8.21. The van der Waals surface area contributed by atoms with Gasteiger partial charge in [0.1, 0.15) is 0 Å². The van der Waals surface area contributed by atoms with Crippen LogP contribution in [0.2, 0.25) is 0 Å². The smallest absolute Gasteiger partial charge is 0.290 e. The number of nitrogens with one attached hydrogen (secondary N) is 3. The lowest BCUT2D eigenvalue weighted by molar-refractivity contribution is 0.252. The van der Waals surface area contributed by atoms with Crippen LogP contribution in [0.15, 0.2) is 16.9 Å². The van der Waals surface area contributed by atoms with Crippen LogP contribution in [0.4, 0.5) is 10.6 Å². The molecule has 0 saturated carbocycles. The summed E-state index contributed by atoms with van der Waals surface area (Å²) in [6.45, 7) is 0. The summed E-state index contributed by atoms with van der Waals surface area (Å²) in [7, 11) is 0. The van der Waals surface area contributed by atoms with Gasteiger partial charge in [-0.15, -0.1) is 0 Å². The largest absolute Gasteiger partial charge is 0.334 e. The van der Waals surface area contributed by atoms with Crippen LogP contribution in [0.25, 0.3) is 0 Å². The van der Waals surface area contributed by atoms with Gasteiger partial charge >= 0.3 is 6.03 Å². The number of rotatable bonds is 1. The van der Waals surface area contributed by atoms with Gasteiger partial charge in [-0.2, -0.15) is 5.10 Å². The summed E-state index contributed by atoms with van der Waals surface area (Å²) in [6, 6.07) is 1.99. The minimum atomic E-state index is -0.602. The van der Waals surface area contributed by atoms with Gasteiger partial charge in [-0.3, -0.25) is 15.5 Å². The molecule has 1 heterocycles. The van der Waals surface area contributed by atoms with E-state index in [9.17, 15) is 9.59 Å². The summed E-state index contributed by atoms with van der Waals surface area (Å²) in [5.41, 5.74) is 1.51. The monoisotopic (exact) mass is 169 g/mol. The summed E-state index contributed by atoms with van der Waals surface area (Å²) in [4.78, 5) is 21.1. The molecule has 5 N–H and O–H groups in total. The van der Waals surface area contributed by atoms with E-state index in [2.05, 4.69) is 15.5 Å². The average Bonchev–Trinajstić information content (AvgIpc) is 2.09. The van der Waals surface area contributed by atoms with E-state index in [1.165, 1.54) is 12.1 Å². The number of hydrogen-bond donors (Lipinski definition) is 4.